The highest BCUT2D eigenvalue weighted by atomic mass is 19.1. The van der Waals surface area contributed by atoms with E-state index in [4.69, 9.17) is 5.73 Å². The van der Waals surface area contributed by atoms with Crippen molar-refractivity contribution < 1.29 is 4.39 Å². The second kappa shape index (κ2) is 4.96. The highest BCUT2D eigenvalue weighted by Gasteiger charge is 2.57. The van der Waals surface area contributed by atoms with Crippen molar-refractivity contribution in [2.24, 2.45) is 10.7 Å². The lowest BCUT2D eigenvalue weighted by molar-refractivity contribution is 0.306. The number of guanidine groups is 1. The molecule has 0 saturated heterocycles. The second-order valence-corrected chi connectivity index (χ2v) is 4.92. The van der Waals surface area contributed by atoms with Crippen LogP contribution in [0.2, 0.25) is 0 Å². The van der Waals surface area contributed by atoms with E-state index >= 15 is 0 Å². The van der Waals surface area contributed by atoms with Crippen LogP contribution < -0.4 is 11.1 Å². The topological polar surface area (TPSA) is 50.4 Å². The molecule has 2 rings (SSSR count). The minimum Gasteiger partial charge on any atom is -0.370 e. The number of halogens is 1. The summed E-state index contributed by atoms with van der Waals surface area (Å²) in [6.45, 7) is 4.08. The first kappa shape index (κ1) is 12.9. The maximum absolute atomic E-state index is 14.5. The number of hydrogen-bond acceptors (Lipinski definition) is 1. The largest absolute Gasteiger partial charge is 0.370 e. The Morgan fingerprint density at radius 1 is 1.56 bits per heavy atom. The Hall–Kier alpha value is -1.58. The molecule has 3 N–H and O–H groups in total. The third-order valence-corrected chi connectivity index (χ3v) is 3.41. The van der Waals surface area contributed by atoms with Gasteiger partial charge in [-0.1, -0.05) is 37.3 Å². The van der Waals surface area contributed by atoms with Crippen molar-refractivity contribution in [2.75, 3.05) is 0 Å². The van der Waals surface area contributed by atoms with Gasteiger partial charge in [0.1, 0.15) is 0 Å². The zero-order valence-electron chi connectivity index (χ0n) is 10.9. The van der Waals surface area contributed by atoms with E-state index < -0.39 is 5.67 Å². The molecule has 0 spiro atoms. The van der Waals surface area contributed by atoms with Gasteiger partial charge in [0, 0.05) is 12.5 Å². The molecule has 0 heterocycles. The Bertz CT molecular complexity index is 432. The molecule has 0 bridgehead atoms. The molecule has 1 saturated carbocycles. The predicted octanol–water partition coefficient (Wildman–Crippen LogP) is 2.33. The van der Waals surface area contributed by atoms with Crippen molar-refractivity contribution in [3.8, 4) is 0 Å². The van der Waals surface area contributed by atoms with E-state index in [0.29, 0.717) is 17.9 Å². The molecule has 1 aliphatic rings. The standard InChI is InChI=1S/C14H20FN3/c1-3-10(2)17-13(16)18-12-9-14(12,15)11-7-5-4-6-8-11/h4-8,10,12H,3,9H2,1-2H3,(H3,16,17,18). The molecule has 3 nitrogen and oxygen atoms in total. The number of alkyl halides is 1. The number of nitrogens with zero attached hydrogens (tertiary/aromatic N) is 1. The Labute approximate surface area is 107 Å². The van der Waals surface area contributed by atoms with E-state index in [2.05, 4.69) is 17.2 Å². The molecule has 1 fully saturated rings. The van der Waals surface area contributed by atoms with Crippen LogP contribution in [0.15, 0.2) is 35.3 Å². The molecule has 4 heteroatoms. The molecule has 1 aromatic carbocycles. The summed E-state index contributed by atoms with van der Waals surface area (Å²) in [5.74, 6) is 0.338. The minimum atomic E-state index is -1.33. The van der Waals surface area contributed by atoms with Crippen LogP contribution in [-0.4, -0.2) is 18.0 Å². The molecule has 3 atom stereocenters. The summed E-state index contributed by atoms with van der Waals surface area (Å²) in [5.41, 5.74) is 5.12. The van der Waals surface area contributed by atoms with Crippen molar-refractivity contribution in [3.63, 3.8) is 0 Å². The van der Waals surface area contributed by atoms with Crippen LogP contribution in [0, 0.1) is 0 Å². The molecule has 0 aromatic heterocycles. The van der Waals surface area contributed by atoms with E-state index in [1.807, 2.05) is 25.1 Å². The van der Waals surface area contributed by atoms with Crippen LogP contribution in [0.25, 0.3) is 0 Å². The lowest BCUT2D eigenvalue weighted by Crippen LogP contribution is -2.38. The third kappa shape index (κ3) is 2.63. The van der Waals surface area contributed by atoms with Gasteiger partial charge in [0.25, 0.3) is 0 Å². The monoisotopic (exact) mass is 249 g/mol. The highest BCUT2D eigenvalue weighted by molar-refractivity contribution is 5.78. The quantitative estimate of drug-likeness (QED) is 0.635. The zero-order valence-corrected chi connectivity index (χ0v) is 10.9. The van der Waals surface area contributed by atoms with Gasteiger partial charge in [0.05, 0.1) is 6.04 Å². The van der Waals surface area contributed by atoms with Crippen LogP contribution in [0.5, 0.6) is 0 Å². The van der Waals surface area contributed by atoms with E-state index in [-0.39, 0.29) is 12.1 Å². The molecular formula is C14H20FN3. The third-order valence-electron chi connectivity index (χ3n) is 3.41. The van der Waals surface area contributed by atoms with Gasteiger partial charge < -0.3 is 11.1 Å². The minimum absolute atomic E-state index is 0.262. The Balaban J connectivity index is 2.00. The number of aliphatic imine (C=N–C) groups is 1. The molecule has 1 aromatic rings. The summed E-state index contributed by atoms with van der Waals surface area (Å²) >= 11 is 0. The van der Waals surface area contributed by atoms with Crippen molar-refractivity contribution in [1.29, 1.82) is 0 Å². The lowest BCUT2D eigenvalue weighted by Gasteiger charge is -2.12. The van der Waals surface area contributed by atoms with Gasteiger partial charge in [-0.15, -0.1) is 0 Å². The van der Waals surface area contributed by atoms with Crippen molar-refractivity contribution >= 4 is 5.96 Å². The van der Waals surface area contributed by atoms with E-state index in [9.17, 15) is 4.39 Å². The number of nitrogens with two attached hydrogens (primary N) is 1. The van der Waals surface area contributed by atoms with Gasteiger partial charge in [0.15, 0.2) is 11.6 Å². The molecule has 1 aliphatic carbocycles. The Kier molecular flexibility index (Phi) is 3.55. The average molecular weight is 249 g/mol. The predicted molar refractivity (Wildman–Crippen MR) is 72.1 cm³/mol. The van der Waals surface area contributed by atoms with Crippen molar-refractivity contribution in [3.05, 3.63) is 35.9 Å². The molecule has 18 heavy (non-hydrogen) atoms. The molecule has 0 amide bonds. The lowest BCUT2D eigenvalue weighted by atomic mass is 10.1. The molecule has 0 radical (unpaired) electrons. The van der Waals surface area contributed by atoms with Gasteiger partial charge in [0.2, 0.25) is 0 Å². The number of hydrogen-bond donors (Lipinski definition) is 2. The number of benzene rings is 1. The second-order valence-electron chi connectivity index (χ2n) is 4.92. The fourth-order valence-electron chi connectivity index (χ4n) is 1.96. The fraction of sp³-hybridized carbons (Fsp3) is 0.500. The van der Waals surface area contributed by atoms with Gasteiger partial charge >= 0.3 is 0 Å². The van der Waals surface area contributed by atoms with Gasteiger partial charge in [-0.3, -0.25) is 0 Å². The normalized spacial score (nSPS) is 28.8. The van der Waals surface area contributed by atoms with E-state index in [0.717, 1.165) is 6.42 Å². The molecular weight excluding hydrogens is 229 g/mol. The van der Waals surface area contributed by atoms with Crippen LogP contribution in [-0.2, 0) is 5.67 Å². The van der Waals surface area contributed by atoms with Crippen LogP contribution >= 0.6 is 0 Å². The first-order valence-corrected chi connectivity index (χ1v) is 6.40. The van der Waals surface area contributed by atoms with Crippen LogP contribution in [0.1, 0.15) is 32.3 Å². The van der Waals surface area contributed by atoms with Crippen molar-refractivity contribution in [2.45, 2.75) is 44.4 Å². The maximum atomic E-state index is 14.5. The summed E-state index contributed by atoms with van der Waals surface area (Å²) in [6, 6.07) is 9.08. The van der Waals surface area contributed by atoms with Gasteiger partial charge in [-0.05, 0) is 18.9 Å². The zero-order chi connectivity index (χ0) is 13.2. The summed E-state index contributed by atoms with van der Waals surface area (Å²) in [7, 11) is 0. The SMILES string of the molecule is CCC(C)NC(N)=NC1CC1(F)c1ccccc1. The summed E-state index contributed by atoms with van der Waals surface area (Å²) in [4.78, 5) is 4.21. The summed E-state index contributed by atoms with van der Waals surface area (Å²) in [5, 5.41) is 3.05. The molecule has 98 valence electrons. The van der Waals surface area contributed by atoms with E-state index in [1.54, 1.807) is 12.1 Å². The maximum Gasteiger partial charge on any atom is 0.189 e. The molecule has 0 aliphatic heterocycles. The Morgan fingerprint density at radius 2 is 2.22 bits per heavy atom. The highest BCUT2D eigenvalue weighted by Crippen LogP contribution is 2.51. The van der Waals surface area contributed by atoms with Crippen LogP contribution in [0.3, 0.4) is 0 Å². The summed E-state index contributed by atoms with van der Waals surface area (Å²) in [6.07, 6.45) is 1.38. The smallest absolute Gasteiger partial charge is 0.189 e. The number of rotatable bonds is 4. The number of nitrogens with one attached hydrogen (secondary N) is 1. The van der Waals surface area contributed by atoms with Crippen LogP contribution in [0.4, 0.5) is 4.39 Å². The first-order chi connectivity index (χ1) is 8.56. The molecule has 3 unspecified atom stereocenters. The Morgan fingerprint density at radius 3 is 2.83 bits per heavy atom. The van der Waals surface area contributed by atoms with Gasteiger partial charge in [-0.25, -0.2) is 9.38 Å². The van der Waals surface area contributed by atoms with Gasteiger partial charge in [-0.2, -0.15) is 0 Å². The first-order valence-electron chi connectivity index (χ1n) is 6.40. The fourth-order valence-corrected chi connectivity index (χ4v) is 1.96. The van der Waals surface area contributed by atoms with Crippen molar-refractivity contribution in [1.82, 2.24) is 5.32 Å². The summed E-state index contributed by atoms with van der Waals surface area (Å²) < 4.78 is 14.5. The van der Waals surface area contributed by atoms with E-state index in [1.165, 1.54) is 0 Å². The average Bonchev–Trinajstić information content (AvgIpc) is 3.02.